The van der Waals surface area contributed by atoms with Gasteiger partial charge in [0.15, 0.2) is 0 Å². The van der Waals surface area contributed by atoms with Crippen LogP contribution in [0.5, 0.6) is 0 Å². The lowest BCUT2D eigenvalue weighted by molar-refractivity contribution is 0.279. The lowest BCUT2D eigenvalue weighted by atomic mass is 9.83. The zero-order valence-corrected chi connectivity index (χ0v) is 15.8. The smallest absolute Gasteiger partial charge is 0.250 e. The van der Waals surface area contributed by atoms with E-state index < -0.39 is 0 Å². The molecule has 0 radical (unpaired) electrons. The molecule has 2 aliphatic rings. The van der Waals surface area contributed by atoms with Gasteiger partial charge in [0.05, 0.1) is 12.8 Å². The van der Waals surface area contributed by atoms with Crippen LogP contribution in [0.25, 0.3) is 0 Å². The highest BCUT2D eigenvalue weighted by atomic mass is 35.5. The predicted octanol–water partition coefficient (Wildman–Crippen LogP) is 2.52. The number of anilines is 2. The SMILES string of the molecule is O=c1cccc2n1C[C@@H]1C[C@@H]2CN(c2nc(Cl)nc(NCc3ccco3)n2)C1. The number of hydrogen-bond donors (Lipinski definition) is 1. The zero-order valence-electron chi connectivity index (χ0n) is 15.1. The van der Waals surface area contributed by atoms with Gasteiger partial charge in [-0.05, 0) is 42.1 Å². The number of rotatable bonds is 4. The maximum atomic E-state index is 12.2. The summed E-state index contributed by atoms with van der Waals surface area (Å²) in [5, 5.41) is 3.28. The molecule has 3 aromatic rings. The second-order valence-electron chi connectivity index (χ2n) is 7.26. The summed E-state index contributed by atoms with van der Waals surface area (Å²) in [6.45, 7) is 2.73. The van der Waals surface area contributed by atoms with Crippen LogP contribution in [-0.4, -0.2) is 32.6 Å². The Labute approximate surface area is 166 Å². The number of aromatic nitrogens is 4. The summed E-state index contributed by atoms with van der Waals surface area (Å²) in [6.07, 6.45) is 2.70. The molecule has 5 heterocycles. The number of piperidine rings is 1. The van der Waals surface area contributed by atoms with Gasteiger partial charge in [0.25, 0.3) is 5.56 Å². The van der Waals surface area contributed by atoms with Gasteiger partial charge in [-0.3, -0.25) is 4.79 Å². The van der Waals surface area contributed by atoms with Crippen LogP contribution >= 0.6 is 11.6 Å². The Hall–Kier alpha value is -2.87. The minimum atomic E-state index is 0.0771. The van der Waals surface area contributed by atoms with Crippen molar-refractivity contribution in [2.45, 2.75) is 25.4 Å². The maximum absolute atomic E-state index is 12.2. The third-order valence-corrected chi connectivity index (χ3v) is 5.53. The molecule has 1 N–H and O–H groups in total. The van der Waals surface area contributed by atoms with Crippen LogP contribution < -0.4 is 15.8 Å². The molecule has 2 bridgehead atoms. The topological polar surface area (TPSA) is 89.1 Å². The van der Waals surface area contributed by atoms with Crippen molar-refractivity contribution in [2.24, 2.45) is 5.92 Å². The van der Waals surface area contributed by atoms with Crippen LogP contribution in [0.2, 0.25) is 5.28 Å². The van der Waals surface area contributed by atoms with Crippen LogP contribution in [-0.2, 0) is 13.1 Å². The molecule has 1 fully saturated rings. The van der Waals surface area contributed by atoms with Crippen molar-refractivity contribution < 1.29 is 4.42 Å². The Morgan fingerprint density at radius 1 is 1.14 bits per heavy atom. The monoisotopic (exact) mass is 398 g/mol. The summed E-state index contributed by atoms with van der Waals surface area (Å²) in [6, 6.07) is 9.22. The molecular weight excluding hydrogens is 380 g/mol. The van der Waals surface area contributed by atoms with E-state index in [2.05, 4.69) is 25.2 Å². The molecule has 3 aromatic heterocycles. The van der Waals surface area contributed by atoms with Gasteiger partial charge in [-0.15, -0.1) is 0 Å². The Morgan fingerprint density at radius 2 is 2.07 bits per heavy atom. The second-order valence-corrected chi connectivity index (χ2v) is 7.60. The van der Waals surface area contributed by atoms with E-state index in [1.807, 2.05) is 28.8 Å². The first-order chi connectivity index (χ1) is 13.7. The van der Waals surface area contributed by atoms with Gasteiger partial charge in [0.1, 0.15) is 5.76 Å². The van der Waals surface area contributed by atoms with E-state index in [9.17, 15) is 4.79 Å². The maximum Gasteiger partial charge on any atom is 0.250 e. The second kappa shape index (κ2) is 6.94. The summed E-state index contributed by atoms with van der Waals surface area (Å²) in [5.41, 5.74) is 1.16. The van der Waals surface area contributed by atoms with Crippen LogP contribution in [0.15, 0.2) is 45.8 Å². The van der Waals surface area contributed by atoms with Gasteiger partial charge in [-0.25, -0.2) is 0 Å². The van der Waals surface area contributed by atoms with Crippen molar-refractivity contribution in [1.82, 2.24) is 19.5 Å². The Morgan fingerprint density at radius 3 is 2.93 bits per heavy atom. The van der Waals surface area contributed by atoms with E-state index in [-0.39, 0.29) is 16.8 Å². The highest BCUT2D eigenvalue weighted by Crippen LogP contribution is 2.36. The fourth-order valence-corrected chi connectivity index (χ4v) is 4.35. The van der Waals surface area contributed by atoms with Gasteiger partial charge >= 0.3 is 0 Å². The fourth-order valence-electron chi connectivity index (χ4n) is 4.20. The van der Waals surface area contributed by atoms with Crippen molar-refractivity contribution in [3.63, 3.8) is 0 Å². The molecular formula is C19H19ClN6O2. The van der Waals surface area contributed by atoms with E-state index in [1.54, 1.807) is 12.3 Å². The molecule has 9 heteroatoms. The molecule has 28 heavy (non-hydrogen) atoms. The summed E-state index contributed by atoms with van der Waals surface area (Å²) < 4.78 is 7.23. The molecule has 2 aliphatic heterocycles. The Kier molecular flexibility index (Phi) is 4.27. The number of pyridine rings is 1. The summed E-state index contributed by atoms with van der Waals surface area (Å²) in [7, 11) is 0. The Balaban J connectivity index is 1.39. The third-order valence-electron chi connectivity index (χ3n) is 5.36. The van der Waals surface area contributed by atoms with Crippen LogP contribution in [0.4, 0.5) is 11.9 Å². The number of hydrogen-bond acceptors (Lipinski definition) is 7. The van der Waals surface area contributed by atoms with E-state index >= 15 is 0 Å². The summed E-state index contributed by atoms with van der Waals surface area (Å²) in [4.78, 5) is 27.4. The Bertz CT molecular complexity index is 1050. The van der Waals surface area contributed by atoms with Gasteiger partial charge in [0.2, 0.25) is 17.2 Å². The lowest BCUT2D eigenvalue weighted by Gasteiger charge is -2.42. The van der Waals surface area contributed by atoms with Crippen molar-refractivity contribution >= 4 is 23.5 Å². The largest absolute Gasteiger partial charge is 0.467 e. The minimum Gasteiger partial charge on any atom is -0.467 e. The van der Waals surface area contributed by atoms with E-state index in [1.165, 1.54) is 0 Å². The number of furan rings is 1. The normalized spacial score (nSPS) is 20.7. The average Bonchev–Trinajstić information content (AvgIpc) is 3.20. The van der Waals surface area contributed by atoms with Crippen LogP contribution in [0.3, 0.4) is 0 Å². The van der Waals surface area contributed by atoms with Gasteiger partial charge < -0.3 is 19.2 Å². The highest BCUT2D eigenvalue weighted by Gasteiger charge is 2.35. The minimum absolute atomic E-state index is 0.0771. The van der Waals surface area contributed by atoms with E-state index in [0.717, 1.165) is 37.5 Å². The molecule has 2 atom stereocenters. The summed E-state index contributed by atoms with van der Waals surface area (Å²) in [5.74, 6) is 2.41. The predicted molar refractivity (Wildman–Crippen MR) is 105 cm³/mol. The molecule has 0 amide bonds. The van der Waals surface area contributed by atoms with Gasteiger partial charge in [0, 0.05) is 37.3 Å². The molecule has 0 saturated carbocycles. The standard InChI is InChI=1S/C19H19ClN6O2/c20-17-22-18(21-8-14-3-2-6-28-14)24-19(23-17)25-9-12-7-13(11-25)15-4-1-5-16(27)26(15)10-12/h1-6,12-13H,7-11H2,(H,21,22,23,24)/t12-,13-/m1/s1. The molecule has 0 spiro atoms. The van der Waals surface area contributed by atoms with Crippen molar-refractivity contribution in [1.29, 1.82) is 0 Å². The average molecular weight is 399 g/mol. The molecule has 5 rings (SSSR count). The van der Waals surface area contributed by atoms with Crippen LogP contribution in [0.1, 0.15) is 23.8 Å². The number of halogens is 1. The van der Waals surface area contributed by atoms with E-state index in [4.69, 9.17) is 16.0 Å². The zero-order chi connectivity index (χ0) is 19.1. The first-order valence-corrected chi connectivity index (χ1v) is 9.66. The first kappa shape index (κ1) is 17.2. The van der Waals surface area contributed by atoms with Gasteiger partial charge in [-0.2, -0.15) is 15.0 Å². The lowest BCUT2D eigenvalue weighted by Crippen LogP contribution is -2.47. The number of nitrogens with zero attached hydrogens (tertiary/aromatic N) is 5. The molecule has 0 unspecified atom stereocenters. The third kappa shape index (κ3) is 3.24. The molecule has 0 aliphatic carbocycles. The molecule has 144 valence electrons. The molecule has 0 aromatic carbocycles. The fraction of sp³-hybridized carbons (Fsp3) is 0.368. The van der Waals surface area contributed by atoms with E-state index in [0.29, 0.717) is 24.4 Å². The van der Waals surface area contributed by atoms with Crippen molar-refractivity contribution in [3.05, 3.63) is 63.7 Å². The van der Waals surface area contributed by atoms with Crippen LogP contribution in [0, 0.1) is 5.92 Å². The first-order valence-electron chi connectivity index (χ1n) is 9.28. The van der Waals surface area contributed by atoms with Crippen molar-refractivity contribution in [2.75, 3.05) is 23.3 Å². The quantitative estimate of drug-likeness (QED) is 0.722. The number of fused-ring (bicyclic) bond motifs is 4. The van der Waals surface area contributed by atoms with Gasteiger partial charge in [-0.1, -0.05) is 6.07 Å². The number of nitrogens with one attached hydrogen (secondary N) is 1. The highest BCUT2D eigenvalue weighted by molar-refractivity contribution is 6.28. The van der Waals surface area contributed by atoms with Crippen molar-refractivity contribution in [3.8, 4) is 0 Å². The summed E-state index contributed by atoms with van der Waals surface area (Å²) >= 11 is 6.15. The molecule has 1 saturated heterocycles. The molecule has 8 nitrogen and oxygen atoms in total.